The number of hydrogen-bond acceptors (Lipinski definition) is 2. The van der Waals surface area contributed by atoms with Crippen molar-refractivity contribution in [3.8, 4) is 11.3 Å². The maximum Gasteiger partial charge on any atom is 0.416 e. The molecule has 0 radical (unpaired) electrons. The molecule has 33 heavy (non-hydrogen) atoms. The molecule has 0 fully saturated rings. The van der Waals surface area contributed by atoms with E-state index in [1.807, 2.05) is 57.2 Å². The number of nitrogens with zero attached hydrogens (tertiary/aromatic N) is 1. The number of pyridine rings is 1. The number of benzene rings is 3. The van der Waals surface area contributed by atoms with Crippen LogP contribution in [0.3, 0.4) is 0 Å². The largest absolute Gasteiger partial charge is 0.416 e. The average Bonchev–Trinajstić information content (AvgIpc) is 2.74. The molecule has 0 saturated heterocycles. The highest BCUT2D eigenvalue weighted by atomic mass is 35.5. The number of anilines is 1. The topological polar surface area (TPSA) is 42.0 Å². The number of alkyl halides is 3. The van der Waals surface area contributed by atoms with Gasteiger partial charge in [-0.2, -0.15) is 13.2 Å². The number of fused-ring (bicyclic) bond motifs is 1. The van der Waals surface area contributed by atoms with Crippen molar-refractivity contribution in [1.82, 2.24) is 4.98 Å². The summed E-state index contributed by atoms with van der Waals surface area (Å²) >= 11 is 6.09. The molecule has 1 amide bonds. The van der Waals surface area contributed by atoms with Crippen LogP contribution in [0.1, 0.15) is 32.6 Å². The number of aromatic nitrogens is 1. The molecule has 168 valence electrons. The van der Waals surface area contributed by atoms with Crippen molar-refractivity contribution in [2.45, 2.75) is 26.9 Å². The Morgan fingerprint density at radius 1 is 0.909 bits per heavy atom. The lowest BCUT2D eigenvalue weighted by Crippen LogP contribution is -2.15. The Labute approximate surface area is 194 Å². The lowest BCUT2D eigenvalue weighted by Gasteiger charge is -2.15. The number of carbonyl (C=O) groups is 1. The Morgan fingerprint density at radius 2 is 1.61 bits per heavy atom. The molecule has 1 heterocycles. The third-order valence-electron chi connectivity index (χ3n) is 5.38. The van der Waals surface area contributed by atoms with Crippen molar-refractivity contribution in [2.24, 2.45) is 0 Å². The van der Waals surface area contributed by atoms with Crippen molar-refractivity contribution in [3.05, 3.63) is 93.5 Å². The van der Waals surface area contributed by atoms with Crippen molar-refractivity contribution in [1.29, 1.82) is 0 Å². The first kappa shape index (κ1) is 22.8. The van der Waals surface area contributed by atoms with Gasteiger partial charge in [-0.05, 0) is 56.7 Å². The van der Waals surface area contributed by atoms with Gasteiger partial charge >= 0.3 is 6.18 Å². The van der Waals surface area contributed by atoms with E-state index in [-0.39, 0.29) is 10.7 Å². The van der Waals surface area contributed by atoms with Crippen LogP contribution >= 0.6 is 11.6 Å². The fourth-order valence-electron chi connectivity index (χ4n) is 3.73. The van der Waals surface area contributed by atoms with Gasteiger partial charge in [-0.15, -0.1) is 0 Å². The van der Waals surface area contributed by atoms with Gasteiger partial charge in [0.1, 0.15) is 0 Å². The van der Waals surface area contributed by atoms with Crippen molar-refractivity contribution in [2.75, 3.05) is 5.32 Å². The van der Waals surface area contributed by atoms with E-state index in [0.29, 0.717) is 22.2 Å². The van der Waals surface area contributed by atoms with Gasteiger partial charge < -0.3 is 5.32 Å². The molecule has 1 N–H and O–H groups in total. The van der Waals surface area contributed by atoms with E-state index < -0.39 is 17.6 Å². The number of halogens is 4. The second-order valence-electron chi connectivity index (χ2n) is 8.05. The van der Waals surface area contributed by atoms with Crippen LogP contribution in [0.4, 0.5) is 18.9 Å². The van der Waals surface area contributed by atoms with Crippen LogP contribution in [-0.4, -0.2) is 10.9 Å². The minimum atomic E-state index is -4.56. The van der Waals surface area contributed by atoms with Crippen LogP contribution in [-0.2, 0) is 6.18 Å². The molecule has 0 bridgehead atoms. The van der Waals surface area contributed by atoms with Gasteiger partial charge in [-0.1, -0.05) is 53.1 Å². The van der Waals surface area contributed by atoms with Gasteiger partial charge in [-0.3, -0.25) is 4.79 Å². The zero-order valence-electron chi connectivity index (χ0n) is 18.1. The summed E-state index contributed by atoms with van der Waals surface area (Å²) in [5.74, 6) is -0.568. The summed E-state index contributed by atoms with van der Waals surface area (Å²) in [5, 5.41) is 3.19. The Morgan fingerprint density at radius 3 is 2.27 bits per heavy atom. The molecule has 7 heteroatoms. The maximum absolute atomic E-state index is 13.3. The first-order chi connectivity index (χ1) is 15.5. The number of amides is 1. The van der Waals surface area contributed by atoms with E-state index in [2.05, 4.69) is 5.32 Å². The molecule has 4 rings (SSSR count). The summed E-state index contributed by atoms with van der Waals surface area (Å²) in [4.78, 5) is 18.1. The molecule has 0 aliphatic carbocycles. The molecule has 0 aliphatic rings. The number of aryl methyl sites for hydroxylation is 3. The van der Waals surface area contributed by atoms with Crippen LogP contribution in [0.25, 0.3) is 22.2 Å². The predicted molar refractivity (Wildman–Crippen MR) is 126 cm³/mol. The van der Waals surface area contributed by atoms with Gasteiger partial charge in [0.15, 0.2) is 0 Å². The van der Waals surface area contributed by atoms with Gasteiger partial charge in [0.05, 0.1) is 33.0 Å². The second kappa shape index (κ2) is 8.52. The van der Waals surface area contributed by atoms with E-state index in [0.717, 1.165) is 40.5 Å². The zero-order chi connectivity index (χ0) is 23.9. The first-order valence-corrected chi connectivity index (χ1v) is 10.6. The maximum atomic E-state index is 13.3. The third kappa shape index (κ3) is 4.71. The molecular formula is C26H20ClF3N2O. The molecule has 0 saturated carbocycles. The highest BCUT2D eigenvalue weighted by Crippen LogP contribution is 2.35. The van der Waals surface area contributed by atoms with Crippen LogP contribution < -0.4 is 5.32 Å². The van der Waals surface area contributed by atoms with Gasteiger partial charge in [0.25, 0.3) is 5.91 Å². The molecule has 0 aliphatic heterocycles. The van der Waals surface area contributed by atoms with Gasteiger partial charge in [-0.25, -0.2) is 4.98 Å². The summed E-state index contributed by atoms with van der Waals surface area (Å²) in [7, 11) is 0. The van der Waals surface area contributed by atoms with Crippen LogP contribution in [0, 0.1) is 20.8 Å². The minimum Gasteiger partial charge on any atom is -0.321 e. The number of carbonyl (C=O) groups excluding carboxylic acids is 1. The minimum absolute atomic E-state index is 0.0147. The molecule has 0 spiro atoms. The summed E-state index contributed by atoms with van der Waals surface area (Å²) in [6.07, 6.45) is -4.56. The molecule has 0 unspecified atom stereocenters. The van der Waals surface area contributed by atoms with Crippen molar-refractivity contribution < 1.29 is 18.0 Å². The molecule has 3 nitrogen and oxygen atoms in total. The quantitative estimate of drug-likeness (QED) is 0.334. The van der Waals surface area contributed by atoms with Crippen LogP contribution in [0.15, 0.2) is 60.7 Å². The van der Waals surface area contributed by atoms with Crippen LogP contribution in [0.2, 0.25) is 5.02 Å². The summed E-state index contributed by atoms with van der Waals surface area (Å²) < 4.78 is 39.5. The van der Waals surface area contributed by atoms with Crippen molar-refractivity contribution >= 4 is 34.1 Å². The molecule has 4 aromatic rings. The lowest BCUT2D eigenvalue weighted by molar-refractivity contribution is -0.137. The highest BCUT2D eigenvalue weighted by Gasteiger charge is 2.31. The van der Waals surface area contributed by atoms with E-state index in [1.165, 1.54) is 0 Å². The Bertz CT molecular complexity index is 1380. The molecule has 3 aromatic carbocycles. The fourth-order valence-corrected chi connectivity index (χ4v) is 3.89. The number of hydrogen-bond donors (Lipinski definition) is 1. The standard InChI is InChI=1S/C26H20ClF3N2O/c1-14-4-6-17(7-5-14)22-13-20(19-11-15(2)10-16(3)24(19)31-22)25(33)32-23-12-18(26(28,29)30)8-9-21(23)27/h4-13H,1-3H3,(H,32,33). The van der Waals surface area contributed by atoms with E-state index in [1.54, 1.807) is 6.07 Å². The monoisotopic (exact) mass is 468 g/mol. The third-order valence-corrected chi connectivity index (χ3v) is 5.71. The Kier molecular flexibility index (Phi) is 5.89. The van der Waals surface area contributed by atoms with E-state index >= 15 is 0 Å². The smallest absolute Gasteiger partial charge is 0.321 e. The van der Waals surface area contributed by atoms with Gasteiger partial charge in [0.2, 0.25) is 0 Å². The molecular weight excluding hydrogens is 449 g/mol. The normalized spacial score (nSPS) is 11.6. The van der Waals surface area contributed by atoms with E-state index in [9.17, 15) is 18.0 Å². The lowest BCUT2D eigenvalue weighted by atomic mass is 9.99. The Hall–Kier alpha value is -3.38. The Balaban J connectivity index is 1.85. The zero-order valence-corrected chi connectivity index (χ0v) is 18.9. The fraction of sp³-hybridized carbons (Fsp3) is 0.154. The predicted octanol–water partition coefficient (Wildman–Crippen LogP) is 7.75. The first-order valence-electron chi connectivity index (χ1n) is 10.2. The molecule has 1 aromatic heterocycles. The summed E-state index contributed by atoms with van der Waals surface area (Å²) in [6, 6.07) is 16.0. The highest BCUT2D eigenvalue weighted by molar-refractivity contribution is 6.34. The van der Waals surface area contributed by atoms with Gasteiger partial charge in [0, 0.05) is 10.9 Å². The van der Waals surface area contributed by atoms with Crippen LogP contribution in [0.5, 0.6) is 0 Å². The van der Waals surface area contributed by atoms with E-state index in [4.69, 9.17) is 16.6 Å². The van der Waals surface area contributed by atoms with Crippen molar-refractivity contribution in [3.63, 3.8) is 0 Å². The second-order valence-corrected chi connectivity index (χ2v) is 8.45. The number of nitrogens with one attached hydrogen (secondary N) is 1. The molecule has 0 atom stereocenters. The summed E-state index contributed by atoms with van der Waals surface area (Å²) in [6.45, 7) is 5.79. The SMILES string of the molecule is Cc1ccc(-c2cc(C(=O)Nc3cc(C(F)(F)F)ccc3Cl)c3cc(C)cc(C)c3n2)cc1. The average molecular weight is 469 g/mol. The number of rotatable bonds is 3. The summed E-state index contributed by atoms with van der Waals surface area (Å²) in [5.41, 5.74) is 4.29.